The molecule has 0 aromatic heterocycles. The Kier molecular flexibility index (Phi) is 37.9. The van der Waals surface area contributed by atoms with E-state index in [2.05, 4.69) is 53.9 Å². The van der Waals surface area contributed by atoms with Crippen molar-refractivity contribution in [3.05, 3.63) is 149 Å². The number of anilines is 2. The molecular formula is C85H129N11O20. The fourth-order valence-electron chi connectivity index (χ4n) is 13.4. The number of aliphatic hydroxyl groups excluding tert-OH is 2. The van der Waals surface area contributed by atoms with E-state index in [1.165, 1.54) is 19.2 Å². The number of nitrogens with zero attached hydrogens (tertiary/aromatic N) is 4. The summed E-state index contributed by atoms with van der Waals surface area (Å²) in [5, 5.41) is 40.4. The highest BCUT2D eigenvalue weighted by molar-refractivity contribution is 5.87. The van der Waals surface area contributed by atoms with Crippen LogP contribution < -0.4 is 61.9 Å². The summed E-state index contributed by atoms with van der Waals surface area (Å²) in [6.45, 7) is 24.7. The summed E-state index contributed by atoms with van der Waals surface area (Å²) in [7, 11) is 7.28. The van der Waals surface area contributed by atoms with Crippen LogP contribution >= 0.6 is 0 Å². The van der Waals surface area contributed by atoms with Crippen molar-refractivity contribution in [3.8, 4) is 17.2 Å². The van der Waals surface area contributed by atoms with E-state index >= 15 is 0 Å². The van der Waals surface area contributed by atoms with Crippen LogP contribution in [0.15, 0.2) is 121 Å². The molecule has 31 nitrogen and oxygen atoms in total. The van der Waals surface area contributed by atoms with Gasteiger partial charge in [-0.15, -0.1) is 0 Å². The van der Waals surface area contributed by atoms with E-state index in [4.69, 9.17) is 62.7 Å². The number of rotatable bonds is 31. The standard InChI is InChI=1S/C37H53N5O10.C30H45N5O6.C16H23NO4.2CH4/c1-37(2,3)32(39-35(45)48-5)33(44)38-29(20-24-8-12-27(47-4)13-9-24)30(43)22-42(40-36(46)52-31-23-51-34-28(31)14-17-50-34)21-25-6-10-26(11-7-25)41-15-18-49-19-16-41;1-30(2,3)27(33-29(38)40-5)28(37)32-25(18-21-8-12-24(39-4)13-9-21)26(36)20-35(31)19-22-6-10-23(11-7-22)34-14-16-41-17-15-34;1-16(2,3)21-15(18)17-13(14-10-20-14)9-11-5-7-12(19-4)8-6-11;;/h6-13,28-32,34,43H,14-23H2,1-5H3,(H,38,44)(H,39,45)(H,40,46);6-13,25-27,36H,14-20,31H2,1-5H3,(H,32,37)(H,33,38);5-8,13-14H,9-10H2,1-4H3,(H,17,18);2*1H4/t28-,29-,30-,31?,32+,34+;25-,26-,27+;13-,14+;;/m000../s1. The number of nitrogens with two attached hydrogens (primary N) is 1. The third kappa shape index (κ3) is 31.3. The first-order chi connectivity index (χ1) is 54.3. The molecule has 5 saturated heterocycles. The predicted octanol–water partition coefficient (Wildman–Crippen LogP) is 8.46. The zero-order chi connectivity index (χ0) is 82.7. The van der Waals surface area contributed by atoms with Crippen molar-refractivity contribution in [2.45, 2.75) is 182 Å². The fraction of sp³-hybridized carbons (Fsp3) is 0.576. The molecule has 0 aliphatic carbocycles. The normalized spacial score (nSPS) is 18.9. The third-order valence-electron chi connectivity index (χ3n) is 19.8. The molecule has 0 saturated carbocycles. The molecule has 31 heteroatoms. The number of aliphatic hydroxyl groups is 2. The Morgan fingerprint density at radius 3 is 1.29 bits per heavy atom. The number of ether oxygens (including phenoxy) is 12. The van der Waals surface area contributed by atoms with Crippen LogP contribution in [0.25, 0.3) is 0 Å². The topological polar surface area (TPSA) is 368 Å². The van der Waals surface area contributed by atoms with E-state index in [0.29, 0.717) is 57.3 Å². The number of amides is 6. The fourth-order valence-corrected chi connectivity index (χ4v) is 13.4. The third-order valence-corrected chi connectivity index (χ3v) is 19.8. The number of hydrogen-bond donors (Lipinski definition) is 9. The van der Waals surface area contributed by atoms with Crippen molar-refractivity contribution in [1.82, 2.24) is 42.0 Å². The predicted molar refractivity (Wildman–Crippen MR) is 441 cm³/mol. The summed E-state index contributed by atoms with van der Waals surface area (Å²) in [6.07, 6.45) is -3.52. The van der Waals surface area contributed by atoms with E-state index in [1.807, 2.05) is 159 Å². The maximum absolute atomic E-state index is 13.8. The number of morpholine rings is 2. The lowest BCUT2D eigenvalue weighted by Crippen LogP contribution is -2.59. The molecule has 5 aliphatic rings. The minimum atomic E-state index is -1.19. The summed E-state index contributed by atoms with van der Waals surface area (Å²) in [4.78, 5) is 81.2. The van der Waals surface area contributed by atoms with Gasteiger partial charge >= 0.3 is 24.4 Å². The number of nitrogens with one attached hydrogen (secondary N) is 6. The molecule has 0 spiro atoms. The highest BCUT2D eigenvalue weighted by Crippen LogP contribution is 2.34. The average Bonchev–Trinajstić information content (AvgIpc) is 1.69. The number of fused-ring (bicyclic) bond motifs is 1. The molecule has 6 amide bonds. The Bertz CT molecular complexity index is 3780. The molecule has 5 aromatic carbocycles. The van der Waals surface area contributed by atoms with Gasteiger partial charge in [0.15, 0.2) is 6.29 Å². The van der Waals surface area contributed by atoms with Crippen molar-refractivity contribution < 1.29 is 95.8 Å². The Hall–Kier alpha value is -9.28. The monoisotopic (exact) mass is 1620 g/mol. The number of epoxide rings is 1. The summed E-state index contributed by atoms with van der Waals surface area (Å²) in [5.74, 6) is 7.56. The maximum Gasteiger partial charge on any atom is 0.422 e. The molecule has 644 valence electrons. The lowest BCUT2D eigenvalue weighted by atomic mass is 9.85. The number of carbonyl (C=O) groups excluding carboxylic acids is 6. The second kappa shape index (κ2) is 46.0. The molecule has 10 N–H and O–H groups in total. The van der Waals surface area contributed by atoms with Crippen LogP contribution in [0.2, 0.25) is 0 Å². The molecule has 5 aromatic rings. The molecule has 10 rings (SSSR count). The zero-order valence-electron chi connectivity index (χ0n) is 68.4. The first-order valence-corrected chi connectivity index (χ1v) is 38.7. The van der Waals surface area contributed by atoms with Crippen LogP contribution in [0.5, 0.6) is 17.2 Å². The SMILES string of the molecule is C.C.COC(=O)N[C@H](C(=O)N[C@@H](Cc1ccc(OC)cc1)[C@@H](O)CN(Cc1ccc(N2CCOCC2)cc1)NC(=O)OC1CO[C@H]2OCC[C@@H]12)C(C)(C)C.COC(=O)N[C@H](C(=O)N[C@@H](Cc1ccc(OC)cc1)[C@@H](O)CN(N)Cc1ccc(N2CCOCC2)cc1)C(C)(C)C.COc1ccc(C[C@H](NC(=O)OC(C)(C)C)[C@H]2CO2)cc1. The highest BCUT2D eigenvalue weighted by Gasteiger charge is 2.45. The molecule has 0 radical (unpaired) electrons. The van der Waals surface area contributed by atoms with Gasteiger partial charge in [0, 0.05) is 63.7 Å². The van der Waals surface area contributed by atoms with Gasteiger partial charge in [0.1, 0.15) is 47.1 Å². The number of hydrazine groups is 2. The Labute approximate surface area is 684 Å². The van der Waals surface area contributed by atoms with Crippen molar-refractivity contribution in [3.63, 3.8) is 0 Å². The van der Waals surface area contributed by atoms with Crippen LogP contribution in [0.1, 0.15) is 111 Å². The van der Waals surface area contributed by atoms with Gasteiger partial charge in [-0.3, -0.25) is 20.9 Å². The van der Waals surface area contributed by atoms with Gasteiger partial charge in [-0.1, -0.05) is 117 Å². The number of benzene rings is 5. The first kappa shape index (κ1) is 95.6. The number of hydrogen-bond acceptors (Lipinski definition) is 25. The molecule has 5 heterocycles. The molecule has 5 fully saturated rings. The van der Waals surface area contributed by atoms with Crippen LogP contribution in [-0.4, -0.2) is 244 Å². The number of methoxy groups -OCH3 is 5. The van der Waals surface area contributed by atoms with Crippen LogP contribution in [0.3, 0.4) is 0 Å². The Balaban J connectivity index is 0.000000290. The van der Waals surface area contributed by atoms with E-state index < -0.39 is 95.1 Å². The number of alkyl carbamates (subject to hydrolysis) is 3. The van der Waals surface area contributed by atoms with E-state index in [9.17, 15) is 39.0 Å². The van der Waals surface area contributed by atoms with E-state index in [-0.39, 0.29) is 71.9 Å². The van der Waals surface area contributed by atoms with Gasteiger partial charge in [0.2, 0.25) is 11.8 Å². The molecule has 11 atom stereocenters. The molecule has 0 bridgehead atoms. The largest absolute Gasteiger partial charge is 0.497 e. The van der Waals surface area contributed by atoms with Gasteiger partial charge < -0.3 is 103 Å². The van der Waals surface area contributed by atoms with Crippen LogP contribution in [-0.2, 0) is 84.6 Å². The summed E-state index contributed by atoms with van der Waals surface area (Å²) in [6, 6.07) is 35.3. The van der Waals surface area contributed by atoms with Crippen molar-refractivity contribution in [1.29, 1.82) is 0 Å². The molecule has 116 heavy (non-hydrogen) atoms. The zero-order valence-corrected chi connectivity index (χ0v) is 68.4. The van der Waals surface area contributed by atoms with Crippen molar-refractivity contribution >= 4 is 47.6 Å². The average molecular weight is 1630 g/mol. The highest BCUT2D eigenvalue weighted by atomic mass is 16.7. The van der Waals surface area contributed by atoms with Gasteiger partial charge in [-0.25, -0.2) is 29.2 Å². The summed E-state index contributed by atoms with van der Waals surface area (Å²) < 4.78 is 63.8. The smallest absolute Gasteiger partial charge is 0.422 e. The minimum absolute atomic E-state index is 0. The minimum Gasteiger partial charge on any atom is -0.497 e. The molecule has 5 aliphatic heterocycles. The van der Waals surface area contributed by atoms with Crippen LogP contribution in [0.4, 0.5) is 30.6 Å². The van der Waals surface area contributed by atoms with E-state index in [1.54, 1.807) is 38.5 Å². The Morgan fingerprint density at radius 1 is 0.491 bits per heavy atom. The van der Waals surface area contributed by atoms with Crippen LogP contribution in [0, 0.1) is 16.7 Å². The van der Waals surface area contributed by atoms with Gasteiger partial charge in [-0.05, 0) is 146 Å². The van der Waals surface area contributed by atoms with Crippen molar-refractivity contribution in [2.24, 2.45) is 22.6 Å². The second-order valence-corrected chi connectivity index (χ2v) is 31.9. The van der Waals surface area contributed by atoms with Crippen molar-refractivity contribution in [2.75, 3.05) is 131 Å². The number of carbonyl (C=O) groups is 6. The maximum atomic E-state index is 13.8. The second-order valence-electron chi connectivity index (χ2n) is 31.9. The van der Waals surface area contributed by atoms with Gasteiger partial charge in [0.25, 0.3) is 0 Å². The summed E-state index contributed by atoms with van der Waals surface area (Å²) >= 11 is 0. The molecular weight excluding hydrogens is 1490 g/mol. The van der Waals surface area contributed by atoms with Gasteiger partial charge in [-0.2, -0.15) is 0 Å². The summed E-state index contributed by atoms with van der Waals surface area (Å²) in [5.41, 5.74) is 7.96. The first-order valence-electron chi connectivity index (χ1n) is 38.7. The quantitative estimate of drug-likeness (QED) is 0.00869. The van der Waals surface area contributed by atoms with E-state index in [0.717, 1.165) is 90.8 Å². The lowest BCUT2D eigenvalue weighted by molar-refractivity contribution is -0.128. The van der Waals surface area contributed by atoms with Gasteiger partial charge in [0.05, 0.1) is 118 Å². The lowest BCUT2D eigenvalue weighted by Gasteiger charge is -2.34. The molecule has 1 unspecified atom stereocenters. The Morgan fingerprint density at radius 2 is 0.897 bits per heavy atom.